The number of esters is 1. The molecule has 0 saturated heterocycles. The molecule has 0 unspecified atom stereocenters. The summed E-state index contributed by atoms with van der Waals surface area (Å²) in [6.45, 7) is 7.54. The molecule has 0 atom stereocenters. The van der Waals surface area contributed by atoms with E-state index in [-0.39, 0.29) is 12.6 Å². The van der Waals surface area contributed by atoms with Gasteiger partial charge < -0.3 is 9.47 Å². The Morgan fingerprint density at radius 1 is 1.12 bits per heavy atom. The molecule has 0 heterocycles. The molecule has 0 aliphatic heterocycles. The number of carbonyl (C=O) groups is 1. The smallest absolute Gasteiger partial charge is 0.332 e. The van der Waals surface area contributed by atoms with Crippen molar-refractivity contribution in [3.63, 3.8) is 0 Å². The van der Waals surface area contributed by atoms with Gasteiger partial charge in [-0.1, -0.05) is 39.5 Å². The number of unbranched alkanes of at least 4 members (excludes halogenated alkanes) is 3. The van der Waals surface area contributed by atoms with Crippen LogP contribution < -0.4 is 0 Å². The van der Waals surface area contributed by atoms with E-state index in [2.05, 4.69) is 13.8 Å². The van der Waals surface area contributed by atoms with Gasteiger partial charge in [-0.15, -0.1) is 0 Å². The van der Waals surface area contributed by atoms with Gasteiger partial charge in [-0.05, 0) is 19.3 Å². The maximum absolute atomic E-state index is 11.0. The summed E-state index contributed by atoms with van der Waals surface area (Å²) < 4.78 is 9.95. The third-order valence-corrected chi connectivity index (χ3v) is 2.36. The van der Waals surface area contributed by atoms with Gasteiger partial charge in [0.2, 0.25) is 0 Å². The van der Waals surface area contributed by atoms with Gasteiger partial charge in [0.15, 0.2) is 0 Å². The summed E-state index contributed by atoms with van der Waals surface area (Å²) in [7, 11) is 0. The number of carbonyl (C=O) groups excluding carboxylic acids is 1. The second kappa shape index (κ2) is 10.9. The summed E-state index contributed by atoms with van der Waals surface area (Å²) in [4.78, 5) is 11.0. The molecule has 16 heavy (non-hydrogen) atoms. The van der Waals surface area contributed by atoms with Crippen LogP contribution in [0.15, 0.2) is 0 Å². The van der Waals surface area contributed by atoms with Crippen molar-refractivity contribution in [2.75, 3.05) is 19.8 Å². The third-order valence-electron chi connectivity index (χ3n) is 2.36. The van der Waals surface area contributed by atoms with Crippen LogP contribution in [-0.4, -0.2) is 25.8 Å². The molecular weight excluding hydrogens is 204 g/mol. The maximum Gasteiger partial charge on any atom is 0.332 e. The average molecular weight is 230 g/mol. The first-order valence-corrected chi connectivity index (χ1v) is 6.40. The Labute approximate surface area is 99.5 Å². The standard InChI is InChI=1S/C13H26O3/c1-4-15-11-13(14)16-10-8-6-5-7-9-12(2)3/h12H,4-11H2,1-3H3. The van der Waals surface area contributed by atoms with E-state index in [1.165, 1.54) is 19.3 Å². The Hall–Kier alpha value is -0.570. The fourth-order valence-electron chi connectivity index (χ4n) is 1.42. The van der Waals surface area contributed by atoms with E-state index in [9.17, 15) is 4.79 Å². The molecule has 0 aromatic carbocycles. The number of ether oxygens (including phenoxy) is 2. The number of hydrogen-bond donors (Lipinski definition) is 0. The van der Waals surface area contributed by atoms with E-state index < -0.39 is 0 Å². The molecule has 0 aromatic heterocycles. The molecule has 0 radical (unpaired) electrons. The fraction of sp³-hybridized carbons (Fsp3) is 0.923. The number of hydrogen-bond acceptors (Lipinski definition) is 3. The van der Waals surface area contributed by atoms with E-state index >= 15 is 0 Å². The summed E-state index contributed by atoms with van der Waals surface area (Å²) in [6.07, 6.45) is 5.93. The quantitative estimate of drug-likeness (QED) is 0.427. The highest BCUT2D eigenvalue weighted by molar-refractivity contribution is 5.70. The molecule has 0 bridgehead atoms. The van der Waals surface area contributed by atoms with Crippen molar-refractivity contribution in [1.29, 1.82) is 0 Å². The minimum atomic E-state index is -0.246. The van der Waals surface area contributed by atoms with Crippen LogP contribution in [0.1, 0.15) is 52.9 Å². The van der Waals surface area contributed by atoms with Crippen molar-refractivity contribution >= 4 is 5.97 Å². The molecule has 0 aromatic rings. The molecule has 0 saturated carbocycles. The van der Waals surface area contributed by atoms with Gasteiger partial charge in [-0.3, -0.25) is 0 Å². The van der Waals surface area contributed by atoms with Crippen molar-refractivity contribution in [2.24, 2.45) is 5.92 Å². The number of rotatable bonds is 10. The minimum Gasteiger partial charge on any atom is -0.464 e. The molecule has 0 aliphatic rings. The van der Waals surface area contributed by atoms with Gasteiger partial charge in [-0.2, -0.15) is 0 Å². The van der Waals surface area contributed by atoms with Crippen LogP contribution in [0.5, 0.6) is 0 Å². The van der Waals surface area contributed by atoms with Crippen molar-refractivity contribution < 1.29 is 14.3 Å². The molecule has 0 amide bonds. The molecule has 0 rings (SSSR count). The van der Waals surface area contributed by atoms with Crippen LogP contribution in [0.25, 0.3) is 0 Å². The average Bonchev–Trinajstić information content (AvgIpc) is 2.24. The summed E-state index contributed by atoms with van der Waals surface area (Å²) in [5, 5.41) is 0. The predicted octanol–water partition coefficient (Wildman–Crippen LogP) is 3.17. The van der Waals surface area contributed by atoms with Gasteiger partial charge in [-0.25, -0.2) is 4.79 Å². The maximum atomic E-state index is 11.0. The summed E-state index contributed by atoms with van der Waals surface area (Å²) in [5.41, 5.74) is 0. The Bertz CT molecular complexity index is 167. The third kappa shape index (κ3) is 11.5. The summed E-state index contributed by atoms with van der Waals surface area (Å²) in [6, 6.07) is 0. The molecule has 0 spiro atoms. The Morgan fingerprint density at radius 3 is 2.44 bits per heavy atom. The second-order valence-electron chi connectivity index (χ2n) is 4.45. The molecular formula is C13H26O3. The highest BCUT2D eigenvalue weighted by atomic mass is 16.6. The van der Waals surface area contributed by atoms with Crippen LogP contribution in [0.4, 0.5) is 0 Å². The minimum absolute atomic E-state index is 0.0872. The van der Waals surface area contributed by atoms with Gasteiger partial charge in [0, 0.05) is 6.61 Å². The van der Waals surface area contributed by atoms with Gasteiger partial charge in [0.05, 0.1) is 6.61 Å². The van der Waals surface area contributed by atoms with E-state index in [0.717, 1.165) is 18.8 Å². The molecule has 0 N–H and O–H groups in total. The highest BCUT2D eigenvalue weighted by Gasteiger charge is 2.01. The lowest BCUT2D eigenvalue weighted by Gasteiger charge is -2.05. The van der Waals surface area contributed by atoms with E-state index in [1.54, 1.807) is 0 Å². The molecule has 3 heteroatoms. The zero-order valence-corrected chi connectivity index (χ0v) is 11.0. The van der Waals surface area contributed by atoms with Crippen molar-refractivity contribution in [3.05, 3.63) is 0 Å². The van der Waals surface area contributed by atoms with Crippen LogP contribution in [-0.2, 0) is 14.3 Å². The first-order valence-electron chi connectivity index (χ1n) is 6.40. The Morgan fingerprint density at radius 2 is 1.81 bits per heavy atom. The van der Waals surface area contributed by atoms with E-state index in [4.69, 9.17) is 9.47 Å². The molecule has 96 valence electrons. The predicted molar refractivity (Wildman–Crippen MR) is 65.4 cm³/mol. The molecule has 0 aliphatic carbocycles. The van der Waals surface area contributed by atoms with Crippen LogP contribution in [0.3, 0.4) is 0 Å². The lowest BCUT2D eigenvalue weighted by molar-refractivity contribution is -0.148. The zero-order chi connectivity index (χ0) is 12.2. The van der Waals surface area contributed by atoms with Gasteiger partial charge in [0.1, 0.15) is 6.61 Å². The lowest BCUT2D eigenvalue weighted by atomic mass is 10.0. The van der Waals surface area contributed by atoms with Crippen molar-refractivity contribution in [3.8, 4) is 0 Å². The van der Waals surface area contributed by atoms with Gasteiger partial charge >= 0.3 is 5.97 Å². The molecule has 0 fully saturated rings. The van der Waals surface area contributed by atoms with E-state index in [1.807, 2.05) is 6.92 Å². The normalized spacial score (nSPS) is 10.8. The van der Waals surface area contributed by atoms with Gasteiger partial charge in [0.25, 0.3) is 0 Å². The van der Waals surface area contributed by atoms with Crippen LogP contribution in [0, 0.1) is 5.92 Å². The topological polar surface area (TPSA) is 35.5 Å². The van der Waals surface area contributed by atoms with Crippen LogP contribution in [0.2, 0.25) is 0 Å². The second-order valence-corrected chi connectivity index (χ2v) is 4.45. The monoisotopic (exact) mass is 230 g/mol. The fourth-order valence-corrected chi connectivity index (χ4v) is 1.42. The summed E-state index contributed by atoms with van der Waals surface area (Å²) in [5.74, 6) is 0.549. The van der Waals surface area contributed by atoms with Crippen molar-refractivity contribution in [2.45, 2.75) is 52.9 Å². The first-order chi connectivity index (χ1) is 7.66. The summed E-state index contributed by atoms with van der Waals surface area (Å²) >= 11 is 0. The highest BCUT2D eigenvalue weighted by Crippen LogP contribution is 2.09. The largest absolute Gasteiger partial charge is 0.464 e. The molecule has 3 nitrogen and oxygen atoms in total. The van der Waals surface area contributed by atoms with Crippen LogP contribution >= 0.6 is 0 Å². The first kappa shape index (κ1) is 15.4. The Balaban J connectivity index is 3.11. The lowest BCUT2D eigenvalue weighted by Crippen LogP contribution is -2.13. The van der Waals surface area contributed by atoms with E-state index in [0.29, 0.717) is 13.2 Å². The van der Waals surface area contributed by atoms with Crippen molar-refractivity contribution in [1.82, 2.24) is 0 Å². The SMILES string of the molecule is CCOCC(=O)OCCCCCCC(C)C. The zero-order valence-electron chi connectivity index (χ0n) is 11.0. The Kier molecular flexibility index (Phi) is 10.5.